The van der Waals surface area contributed by atoms with Crippen molar-refractivity contribution in [3.63, 3.8) is 0 Å². The molecular weight excluding hydrogens is 302 g/mol. The zero-order chi connectivity index (χ0) is 17.3. The van der Waals surface area contributed by atoms with E-state index in [2.05, 4.69) is 34.2 Å². The molecule has 0 fully saturated rings. The molecule has 3 heterocycles. The zero-order valence-electron chi connectivity index (χ0n) is 14.4. The Morgan fingerprint density at radius 3 is 2.88 bits per heavy atom. The summed E-state index contributed by atoms with van der Waals surface area (Å²) >= 11 is 0. The molecule has 0 aliphatic rings. The minimum Gasteiger partial charge on any atom is -0.306 e. The topological polar surface area (TPSA) is 72.7 Å². The molecule has 6 nitrogen and oxygen atoms in total. The maximum Gasteiger partial charge on any atom is 0.257 e. The first-order chi connectivity index (χ1) is 11.5. The van der Waals surface area contributed by atoms with Crippen molar-refractivity contribution < 1.29 is 4.79 Å². The summed E-state index contributed by atoms with van der Waals surface area (Å²) in [5.74, 6) is 0.371. The molecule has 6 heteroatoms. The fourth-order valence-electron chi connectivity index (χ4n) is 2.62. The monoisotopic (exact) mass is 323 g/mol. The molecule has 1 N–H and O–H groups in total. The van der Waals surface area contributed by atoms with Crippen LogP contribution in [0.15, 0.2) is 30.6 Å². The average Bonchev–Trinajstić information content (AvgIpc) is 2.99. The van der Waals surface area contributed by atoms with Gasteiger partial charge in [0.05, 0.1) is 23.2 Å². The van der Waals surface area contributed by atoms with Gasteiger partial charge in [-0.2, -0.15) is 5.10 Å². The second-order valence-electron chi connectivity index (χ2n) is 6.02. The van der Waals surface area contributed by atoms with Crippen molar-refractivity contribution in [1.82, 2.24) is 19.7 Å². The van der Waals surface area contributed by atoms with Crippen molar-refractivity contribution in [2.24, 2.45) is 0 Å². The quantitative estimate of drug-likeness (QED) is 0.795. The summed E-state index contributed by atoms with van der Waals surface area (Å²) in [6.45, 7) is 7.99. The fraction of sp³-hybridized carbons (Fsp3) is 0.333. The van der Waals surface area contributed by atoms with Crippen molar-refractivity contribution in [2.45, 2.75) is 40.2 Å². The van der Waals surface area contributed by atoms with Gasteiger partial charge in [-0.15, -0.1) is 0 Å². The number of aryl methyl sites for hydroxylation is 2. The highest BCUT2D eigenvalue weighted by molar-refractivity contribution is 6.11. The third-order valence-corrected chi connectivity index (χ3v) is 4.19. The summed E-state index contributed by atoms with van der Waals surface area (Å²) in [4.78, 5) is 21.6. The molecule has 3 rings (SSSR count). The summed E-state index contributed by atoms with van der Waals surface area (Å²) in [6.07, 6.45) is 4.33. The van der Waals surface area contributed by atoms with Crippen LogP contribution in [-0.4, -0.2) is 25.7 Å². The molecule has 0 saturated heterocycles. The van der Waals surface area contributed by atoms with Crippen LogP contribution < -0.4 is 5.32 Å². The van der Waals surface area contributed by atoms with E-state index in [-0.39, 0.29) is 11.9 Å². The molecule has 0 aromatic carbocycles. The van der Waals surface area contributed by atoms with Crippen molar-refractivity contribution in [1.29, 1.82) is 0 Å². The number of pyridine rings is 2. The zero-order valence-corrected chi connectivity index (χ0v) is 14.4. The van der Waals surface area contributed by atoms with Crippen LogP contribution in [0.5, 0.6) is 0 Å². The number of hydrogen-bond acceptors (Lipinski definition) is 4. The molecule has 0 radical (unpaired) electrons. The Morgan fingerprint density at radius 2 is 2.17 bits per heavy atom. The molecular formula is C18H21N5O. The van der Waals surface area contributed by atoms with E-state index in [9.17, 15) is 4.79 Å². The van der Waals surface area contributed by atoms with Gasteiger partial charge in [0.2, 0.25) is 0 Å². The lowest BCUT2D eigenvalue weighted by molar-refractivity contribution is 0.102. The number of carbonyl (C=O) groups excluding carboxylic acids is 1. The molecule has 124 valence electrons. The van der Waals surface area contributed by atoms with Crippen LogP contribution in [0.2, 0.25) is 0 Å². The van der Waals surface area contributed by atoms with Crippen LogP contribution in [0.4, 0.5) is 5.82 Å². The maximum atomic E-state index is 12.8. The Hall–Kier alpha value is -2.76. The SMILES string of the molecule is CCC(C)n1ncc2c(C(=O)Nc3ncccc3C)cc(C)nc21. The average molecular weight is 323 g/mol. The third kappa shape index (κ3) is 2.87. The molecule has 1 amide bonds. The Bertz CT molecular complexity index is 900. The smallest absolute Gasteiger partial charge is 0.257 e. The van der Waals surface area contributed by atoms with Crippen LogP contribution in [-0.2, 0) is 0 Å². The number of nitrogens with one attached hydrogen (secondary N) is 1. The number of aromatic nitrogens is 4. The maximum absolute atomic E-state index is 12.8. The molecule has 0 bridgehead atoms. The van der Waals surface area contributed by atoms with Gasteiger partial charge in [0.25, 0.3) is 5.91 Å². The second-order valence-corrected chi connectivity index (χ2v) is 6.02. The number of carbonyl (C=O) groups is 1. The lowest BCUT2D eigenvalue weighted by Crippen LogP contribution is -2.15. The van der Waals surface area contributed by atoms with E-state index in [0.717, 1.165) is 28.7 Å². The van der Waals surface area contributed by atoms with E-state index in [1.165, 1.54) is 0 Å². The summed E-state index contributed by atoms with van der Waals surface area (Å²) in [5.41, 5.74) is 3.02. The van der Waals surface area contributed by atoms with E-state index < -0.39 is 0 Å². The molecule has 3 aromatic rings. The highest BCUT2D eigenvalue weighted by Crippen LogP contribution is 2.23. The second kappa shape index (κ2) is 6.39. The van der Waals surface area contributed by atoms with E-state index in [0.29, 0.717) is 11.4 Å². The van der Waals surface area contributed by atoms with Crippen LogP contribution in [0.25, 0.3) is 11.0 Å². The normalized spacial score (nSPS) is 12.3. The van der Waals surface area contributed by atoms with Gasteiger partial charge in [-0.1, -0.05) is 13.0 Å². The summed E-state index contributed by atoms with van der Waals surface area (Å²) in [7, 11) is 0. The van der Waals surface area contributed by atoms with Crippen molar-refractivity contribution in [3.05, 3.63) is 47.4 Å². The fourth-order valence-corrected chi connectivity index (χ4v) is 2.62. The van der Waals surface area contributed by atoms with E-state index >= 15 is 0 Å². The van der Waals surface area contributed by atoms with Gasteiger partial charge in [0.1, 0.15) is 5.82 Å². The Labute approximate surface area is 140 Å². The summed E-state index contributed by atoms with van der Waals surface area (Å²) in [6, 6.07) is 5.77. The number of hydrogen-bond donors (Lipinski definition) is 1. The molecule has 3 aromatic heterocycles. The van der Waals surface area contributed by atoms with Crippen molar-refractivity contribution in [3.8, 4) is 0 Å². The van der Waals surface area contributed by atoms with Crippen molar-refractivity contribution in [2.75, 3.05) is 5.32 Å². The third-order valence-electron chi connectivity index (χ3n) is 4.19. The lowest BCUT2D eigenvalue weighted by Gasteiger charge is -2.11. The highest BCUT2D eigenvalue weighted by atomic mass is 16.1. The molecule has 1 atom stereocenters. The number of amides is 1. The van der Waals surface area contributed by atoms with Crippen molar-refractivity contribution >= 4 is 22.8 Å². The van der Waals surface area contributed by atoms with E-state index in [4.69, 9.17) is 0 Å². The van der Waals surface area contributed by atoms with Gasteiger partial charge in [0, 0.05) is 11.9 Å². The molecule has 0 aliphatic heterocycles. The first kappa shape index (κ1) is 16.1. The minimum absolute atomic E-state index is 0.198. The molecule has 0 saturated carbocycles. The Kier molecular flexibility index (Phi) is 4.29. The molecule has 24 heavy (non-hydrogen) atoms. The minimum atomic E-state index is -0.198. The molecule has 0 aliphatic carbocycles. The standard InChI is InChI=1S/C18H21N5O/c1-5-13(4)23-17-15(10-20-23)14(9-12(3)21-17)18(24)22-16-11(2)7-6-8-19-16/h6-10,13H,5H2,1-4H3,(H,19,22,24). The predicted molar refractivity (Wildman–Crippen MR) is 94.2 cm³/mol. The highest BCUT2D eigenvalue weighted by Gasteiger charge is 2.18. The largest absolute Gasteiger partial charge is 0.306 e. The van der Waals surface area contributed by atoms with Crippen LogP contribution in [0.1, 0.15) is 47.9 Å². The summed E-state index contributed by atoms with van der Waals surface area (Å²) < 4.78 is 1.88. The molecule has 1 unspecified atom stereocenters. The first-order valence-electron chi connectivity index (χ1n) is 8.09. The van der Waals surface area contributed by atoms with Gasteiger partial charge in [-0.05, 0) is 44.9 Å². The van der Waals surface area contributed by atoms with Gasteiger partial charge >= 0.3 is 0 Å². The van der Waals surface area contributed by atoms with Crippen LogP contribution in [0, 0.1) is 13.8 Å². The van der Waals surface area contributed by atoms with Crippen LogP contribution >= 0.6 is 0 Å². The number of anilines is 1. The number of nitrogens with zero attached hydrogens (tertiary/aromatic N) is 4. The van der Waals surface area contributed by atoms with E-state index in [1.54, 1.807) is 18.5 Å². The van der Waals surface area contributed by atoms with Crippen LogP contribution in [0.3, 0.4) is 0 Å². The lowest BCUT2D eigenvalue weighted by atomic mass is 10.1. The van der Waals surface area contributed by atoms with Gasteiger partial charge in [0.15, 0.2) is 5.65 Å². The number of rotatable bonds is 4. The number of fused-ring (bicyclic) bond motifs is 1. The van der Waals surface area contributed by atoms with Gasteiger partial charge in [-0.3, -0.25) is 4.79 Å². The van der Waals surface area contributed by atoms with Gasteiger partial charge < -0.3 is 5.32 Å². The first-order valence-corrected chi connectivity index (χ1v) is 8.09. The predicted octanol–water partition coefficient (Wildman–Crippen LogP) is 3.67. The molecule has 0 spiro atoms. The van der Waals surface area contributed by atoms with E-state index in [1.807, 2.05) is 30.7 Å². The van der Waals surface area contributed by atoms with Gasteiger partial charge in [-0.25, -0.2) is 14.6 Å². The Balaban J connectivity index is 2.04. The summed E-state index contributed by atoms with van der Waals surface area (Å²) in [5, 5.41) is 8.07. The Morgan fingerprint density at radius 1 is 1.38 bits per heavy atom.